The zero-order chi connectivity index (χ0) is 32.2. The summed E-state index contributed by atoms with van der Waals surface area (Å²) in [6, 6.07) is 5.32. The van der Waals surface area contributed by atoms with Gasteiger partial charge in [0.1, 0.15) is 17.1 Å². The van der Waals surface area contributed by atoms with Gasteiger partial charge in [-0.25, -0.2) is 4.79 Å². The number of hydrogen-bond donors (Lipinski definition) is 1. The smallest absolute Gasteiger partial charge is 0.416 e. The van der Waals surface area contributed by atoms with Crippen molar-refractivity contribution in [3.8, 4) is 22.6 Å². The molecule has 13 nitrogen and oxygen atoms in total. The van der Waals surface area contributed by atoms with Crippen molar-refractivity contribution in [2.45, 2.75) is 32.9 Å². The fourth-order valence-electron chi connectivity index (χ4n) is 4.37. The number of carboxylic acids is 1. The molecule has 0 aliphatic rings. The zero-order valence-corrected chi connectivity index (χ0v) is 23.1. The molecule has 1 N–H and O–H groups in total. The summed E-state index contributed by atoms with van der Waals surface area (Å²) in [6.07, 6.45) is -3.77. The summed E-state index contributed by atoms with van der Waals surface area (Å²) in [6.45, 7) is 3.96. The Kier molecular flexibility index (Phi) is 9.75. The molecule has 3 aromatic rings. The number of alkyl halides is 3. The zero-order valence-electron chi connectivity index (χ0n) is 22.4. The van der Waals surface area contributed by atoms with Crippen LogP contribution in [0.3, 0.4) is 0 Å². The molecule has 43 heavy (non-hydrogen) atoms. The lowest BCUT2D eigenvalue weighted by Crippen LogP contribution is -2.26. The largest absolute Gasteiger partial charge is 0.477 e. The van der Waals surface area contributed by atoms with E-state index >= 15 is 0 Å². The van der Waals surface area contributed by atoms with Crippen molar-refractivity contribution < 1.29 is 42.6 Å². The second kappa shape index (κ2) is 12.9. The molecule has 0 aromatic heterocycles. The first-order valence-corrected chi connectivity index (χ1v) is 12.8. The number of rotatable bonds is 12. The summed E-state index contributed by atoms with van der Waals surface area (Å²) in [5.74, 6) is -2.67. The van der Waals surface area contributed by atoms with Crippen molar-refractivity contribution in [2.24, 2.45) is 0 Å². The lowest BCUT2D eigenvalue weighted by Gasteiger charge is -2.23. The number of benzene rings is 3. The molecular formula is C26H22ClF3N4O9. The van der Waals surface area contributed by atoms with Gasteiger partial charge < -0.3 is 14.7 Å². The molecular weight excluding hydrogens is 605 g/mol. The molecule has 0 fully saturated rings. The summed E-state index contributed by atoms with van der Waals surface area (Å²) in [7, 11) is 0. The van der Waals surface area contributed by atoms with E-state index in [0.29, 0.717) is 31.0 Å². The molecule has 17 heteroatoms. The number of nitro groups is 3. The highest BCUT2D eigenvalue weighted by Gasteiger charge is 2.35. The first-order valence-electron chi connectivity index (χ1n) is 12.4. The van der Waals surface area contributed by atoms with E-state index in [2.05, 4.69) is 0 Å². The Bertz CT molecular complexity index is 1570. The molecule has 228 valence electrons. The van der Waals surface area contributed by atoms with Crippen LogP contribution in [0.2, 0.25) is 5.02 Å². The lowest BCUT2D eigenvalue weighted by atomic mass is 9.97. The number of anilines is 1. The van der Waals surface area contributed by atoms with Gasteiger partial charge in [0.05, 0.1) is 30.9 Å². The van der Waals surface area contributed by atoms with E-state index in [9.17, 15) is 53.4 Å². The quantitative estimate of drug-likeness (QED) is 0.153. The first kappa shape index (κ1) is 32.5. The van der Waals surface area contributed by atoms with E-state index in [0.717, 1.165) is 24.3 Å². The number of nitrogens with zero attached hydrogens (tertiary/aromatic N) is 4. The van der Waals surface area contributed by atoms with Crippen molar-refractivity contribution in [1.29, 1.82) is 0 Å². The Morgan fingerprint density at radius 3 is 1.91 bits per heavy atom. The third-order valence-corrected chi connectivity index (χ3v) is 6.36. The standard InChI is InChI=1S/C26H22ClF3N4O9/c1-3-7-31(8-4-2)24-20(32(37)38)9-14(10-21(24)33(39)40)17-12-16(13-18(25(35)36)23(17)34(41)42)43-22-6-5-15(11-19(22)27)26(28,29)30/h5-6,9-13H,3-4,7-8H2,1-2H3,(H,35,36). The molecule has 0 aliphatic carbocycles. The maximum absolute atomic E-state index is 13.0. The van der Waals surface area contributed by atoms with Crippen LogP contribution in [0.15, 0.2) is 42.5 Å². The number of carbonyl (C=O) groups is 1. The van der Waals surface area contributed by atoms with E-state index in [1.165, 1.54) is 4.90 Å². The molecule has 0 aliphatic heterocycles. The summed E-state index contributed by atoms with van der Waals surface area (Å²) < 4.78 is 44.6. The predicted octanol–water partition coefficient (Wildman–Crippen LogP) is 7.87. The van der Waals surface area contributed by atoms with Crippen LogP contribution in [-0.4, -0.2) is 38.9 Å². The van der Waals surface area contributed by atoms with Crippen molar-refractivity contribution in [1.82, 2.24) is 0 Å². The van der Waals surface area contributed by atoms with Gasteiger partial charge in [0.2, 0.25) is 0 Å². The van der Waals surface area contributed by atoms with Gasteiger partial charge in [0.25, 0.3) is 17.1 Å². The van der Waals surface area contributed by atoms with Gasteiger partial charge in [0, 0.05) is 36.9 Å². The highest BCUT2D eigenvalue weighted by atomic mass is 35.5. The summed E-state index contributed by atoms with van der Waals surface area (Å²) >= 11 is 5.93. The second-order valence-corrected chi connectivity index (χ2v) is 9.45. The lowest BCUT2D eigenvalue weighted by molar-refractivity contribution is -0.392. The van der Waals surface area contributed by atoms with Crippen LogP contribution < -0.4 is 9.64 Å². The fraction of sp³-hybridized carbons (Fsp3) is 0.269. The van der Waals surface area contributed by atoms with Crippen molar-refractivity contribution in [3.63, 3.8) is 0 Å². The molecule has 0 spiro atoms. The molecule has 0 saturated heterocycles. The maximum Gasteiger partial charge on any atom is 0.416 e. The van der Waals surface area contributed by atoms with Crippen molar-refractivity contribution in [2.75, 3.05) is 18.0 Å². The monoisotopic (exact) mass is 626 g/mol. The number of hydrogen-bond acceptors (Lipinski definition) is 9. The Labute approximate surface area is 245 Å². The van der Waals surface area contributed by atoms with Crippen LogP contribution in [-0.2, 0) is 6.18 Å². The summed E-state index contributed by atoms with van der Waals surface area (Å²) in [4.78, 5) is 47.0. The molecule has 0 heterocycles. The molecule has 0 bridgehead atoms. The van der Waals surface area contributed by atoms with Crippen LogP contribution in [0.5, 0.6) is 11.5 Å². The Morgan fingerprint density at radius 1 is 0.930 bits per heavy atom. The van der Waals surface area contributed by atoms with Crippen LogP contribution in [0.25, 0.3) is 11.1 Å². The van der Waals surface area contributed by atoms with Gasteiger partial charge in [-0.2, -0.15) is 13.2 Å². The highest BCUT2D eigenvalue weighted by molar-refractivity contribution is 6.32. The normalized spacial score (nSPS) is 11.2. The van der Waals surface area contributed by atoms with Crippen LogP contribution >= 0.6 is 11.6 Å². The minimum Gasteiger partial charge on any atom is -0.477 e. The Balaban J connectivity index is 2.35. The fourth-order valence-corrected chi connectivity index (χ4v) is 4.59. The van der Waals surface area contributed by atoms with E-state index in [4.69, 9.17) is 16.3 Å². The average Bonchev–Trinajstić information content (AvgIpc) is 2.92. The molecule has 0 amide bonds. The van der Waals surface area contributed by atoms with Gasteiger partial charge in [-0.05, 0) is 37.1 Å². The van der Waals surface area contributed by atoms with Crippen LogP contribution in [0.4, 0.5) is 35.9 Å². The van der Waals surface area contributed by atoms with Crippen LogP contribution in [0.1, 0.15) is 42.6 Å². The first-order chi connectivity index (χ1) is 20.1. The second-order valence-electron chi connectivity index (χ2n) is 9.04. The minimum atomic E-state index is -4.74. The highest BCUT2D eigenvalue weighted by Crippen LogP contribution is 2.46. The SMILES string of the molecule is CCCN(CCC)c1c([N+](=O)[O-])cc(-c2cc(Oc3ccc(C(F)(F)F)cc3Cl)cc(C(=O)O)c2[N+](=O)[O-])cc1[N+](=O)[O-]. The topological polar surface area (TPSA) is 179 Å². The number of aromatic carboxylic acids is 1. The predicted molar refractivity (Wildman–Crippen MR) is 148 cm³/mol. The Hall–Kier alpha value is -4.99. The van der Waals surface area contributed by atoms with Gasteiger partial charge in [0.15, 0.2) is 5.69 Å². The van der Waals surface area contributed by atoms with Gasteiger partial charge in [-0.15, -0.1) is 0 Å². The molecule has 0 unspecified atom stereocenters. The van der Waals surface area contributed by atoms with Crippen molar-refractivity contribution >= 4 is 40.3 Å². The van der Waals surface area contributed by atoms with E-state index in [-0.39, 0.29) is 24.5 Å². The molecule has 0 saturated carbocycles. The van der Waals surface area contributed by atoms with E-state index < -0.39 is 77.0 Å². The number of ether oxygens (including phenoxy) is 1. The maximum atomic E-state index is 13.0. The van der Waals surface area contributed by atoms with Crippen LogP contribution in [0, 0.1) is 30.3 Å². The van der Waals surface area contributed by atoms with Crippen molar-refractivity contribution in [3.05, 3.63) is 89.0 Å². The van der Waals surface area contributed by atoms with Gasteiger partial charge >= 0.3 is 12.1 Å². The number of nitro benzene ring substituents is 3. The number of halogens is 4. The molecule has 3 aromatic carbocycles. The molecule has 0 atom stereocenters. The minimum absolute atomic E-state index is 0.218. The number of carboxylic acid groups (broad SMARTS) is 1. The average molecular weight is 627 g/mol. The summed E-state index contributed by atoms with van der Waals surface area (Å²) in [5.41, 5.74) is -6.02. The van der Waals surface area contributed by atoms with E-state index in [1.807, 2.05) is 0 Å². The van der Waals surface area contributed by atoms with E-state index in [1.54, 1.807) is 13.8 Å². The Morgan fingerprint density at radius 2 is 1.49 bits per heavy atom. The molecule has 0 radical (unpaired) electrons. The third kappa shape index (κ3) is 7.09. The summed E-state index contributed by atoms with van der Waals surface area (Å²) in [5, 5.41) is 45.5. The van der Waals surface area contributed by atoms with Gasteiger partial charge in [-0.3, -0.25) is 30.3 Å². The van der Waals surface area contributed by atoms with Gasteiger partial charge in [-0.1, -0.05) is 25.4 Å². The third-order valence-electron chi connectivity index (χ3n) is 6.06. The molecule has 3 rings (SSSR count).